The highest BCUT2D eigenvalue weighted by Crippen LogP contribution is 2.29. The van der Waals surface area contributed by atoms with Crippen LogP contribution in [0.3, 0.4) is 0 Å². The largest absolute Gasteiger partial charge is 0.492 e. The fourth-order valence-corrected chi connectivity index (χ4v) is 4.52. The molecule has 0 unspecified atom stereocenters. The number of aromatic amines is 1. The van der Waals surface area contributed by atoms with Crippen LogP contribution in [0.4, 0.5) is 11.4 Å². The first-order valence-electron chi connectivity index (χ1n) is 12.9. The molecule has 10 nitrogen and oxygen atoms in total. The Balaban J connectivity index is 1.44. The summed E-state index contributed by atoms with van der Waals surface area (Å²) in [5.74, 6) is 0.470. The van der Waals surface area contributed by atoms with Gasteiger partial charge < -0.3 is 14.8 Å². The van der Waals surface area contributed by atoms with Gasteiger partial charge in [-0.2, -0.15) is 4.68 Å². The van der Waals surface area contributed by atoms with Crippen molar-refractivity contribution in [3.8, 4) is 22.1 Å². The van der Waals surface area contributed by atoms with Crippen LogP contribution < -0.4 is 15.6 Å². The number of azo groups is 1. The van der Waals surface area contributed by atoms with Crippen molar-refractivity contribution >= 4 is 28.6 Å². The number of aryl methyl sites for hydroxylation is 1. The first kappa shape index (κ1) is 27.9. The molecule has 0 spiro atoms. The van der Waals surface area contributed by atoms with Crippen molar-refractivity contribution in [3.05, 3.63) is 75.5 Å². The molecule has 204 valence electrons. The summed E-state index contributed by atoms with van der Waals surface area (Å²) in [6, 6.07) is 14.5. The summed E-state index contributed by atoms with van der Waals surface area (Å²) in [5, 5.41) is 16.7. The molecule has 0 saturated heterocycles. The molecule has 1 amide bonds. The van der Waals surface area contributed by atoms with Crippen molar-refractivity contribution in [2.75, 3.05) is 26.4 Å². The second kappa shape index (κ2) is 13.6. The third kappa shape index (κ3) is 7.06. The van der Waals surface area contributed by atoms with Crippen LogP contribution in [0.15, 0.2) is 68.9 Å². The highest BCUT2D eigenvalue weighted by Gasteiger charge is 2.16. The van der Waals surface area contributed by atoms with E-state index in [1.54, 1.807) is 31.2 Å². The Hall–Kier alpha value is -4.09. The Morgan fingerprint density at radius 3 is 2.67 bits per heavy atom. The molecule has 4 aromatic rings. The molecule has 0 fully saturated rings. The zero-order valence-corrected chi connectivity index (χ0v) is 23.1. The summed E-state index contributed by atoms with van der Waals surface area (Å²) in [6.45, 7) is 8.15. The molecule has 0 aliphatic heterocycles. The number of nitrogens with one attached hydrogen (secondary N) is 2. The number of H-pyrrole nitrogens is 1. The van der Waals surface area contributed by atoms with Gasteiger partial charge in [-0.05, 0) is 51.0 Å². The van der Waals surface area contributed by atoms with Crippen molar-refractivity contribution in [1.82, 2.24) is 20.1 Å². The Labute approximate surface area is 230 Å². The summed E-state index contributed by atoms with van der Waals surface area (Å²) in [4.78, 5) is 30.1. The highest BCUT2D eigenvalue weighted by molar-refractivity contribution is 7.12. The molecule has 11 heteroatoms. The number of ether oxygens (including phenoxy) is 2. The van der Waals surface area contributed by atoms with E-state index in [-0.39, 0.29) is 17.2 Å². The molecule has 0 saturated carbocycles. The van der Waals surface area contributed by atoms with Gasteiger partial charge in [-0.15, -0.1) is 21.6 Å². The van der Waals surface area contributed by atoms with Crippen molar-refractivity contribution in [2.24, 2.45) is 10.2 Å². The van der Waals surface area contributed by atoms with Crippen LogP contribution in [0.2, 0.25) is 0 Å². The smallest absolute Gasteiger partial charge is 0.301 e. The number of hydrogen-bond donors (Lipinski definition) is 2. The first-order valence-corrected chi connectivity index (χ1v) is 13.8. The maximum absolute atomic E-state index is 13.1. The van der Waals surface area contributed by atoms with Gasteiger partial charge in [0.25, 0.3) is 5.91 Å². The highest BCUT2D eigenvalue weighted by atomic mass is 32.1. The van der Waals surface area contributed by atoms with Crippen LogP contribution in [0.25, 0.3) is 16.4 Å². The lowest BCUT2D eigenvalue weighted by Crippen LogP contribution is -2.25. The number of hydrogen-bond acceptors (Lipinski definition) is 8. The van der Waals surface area contributed by atoms with Gasteiger partial charge in [-0.25, -0.2) is 4.98 Å². The second-order valence-electron chi connectivity index (χ2n) is 8.64. The van der Waals surface area contributed by atoms with Gasteiger partial charge in [0.05, 0.1) is 18.0 Å². The normalized spacial score (nSPS) is 11.3. The molecule has 4 rings (SSSR count). The molecule has 0 bridgehead atoms. The Morgan fingerprint density at radius 2 is 1.90 bits per heavy atom. The zero-order chi connectivity index (χ0) is 27.6. The number of carbonyl (C=O) groups excluding carboxylic acids is 1. The van der Waals surface area contributed by atoms with Gasteiger partial charge in [-0.3, -0.25) is 14.7 Å². The molecule has 2 aromatic heterocycles. The quantitative estimate of drug-likeness (QED) is 0.158. The summed E-state index contributed by atoms with van der Waals surface area (Å²) in [5.41, 5.74) is 3.07. The molecule has 2 heterocycles. The average molecular weight is 549 g/mol. The maximum atomic E-state index is 13.1. The van der Waals surface area contributed by atoms with E-state index in [0.717, 1.165) is 25.0 Å². The van der Waals surface area contributed by atoms with Crippen LogP contribution in [-0.4, -0.2) is 47.0 Å². The summed E-state index contributed by atoms with van der Waals surface area (Å²) in [6.07, 6.45) is 1.76. The van der Waals surface area contributed by atoms with Gasteiger partial charge >= 0.3 is 5.56 Å². The van der Waals surface area contributed by atoms with Crippen LogP contribution in [0.5, 0.6) is 5.75 Å². The van der Waals surface area contributed by atoms with E-state index < -0.39 is 0 Å². The lowest BCUT2D eigenvalue weighted by Gasteiger charge is -2.06. The fraction of sp³-hybridized carbons (Fsp3) is 0.321. The van der Waals surface area contributed by atoms with Crippen molar-refractivity contribution < 1.29 is 14.3 Å². The van der Waals surface area contributed by atoms with E-state index in [9.17, 15) is 9.59 Å². The number of aromatic nitrogens is 3. The lowest BCUT2D eigenvalue weighted by molar-refractivity contribution is 0.0941. The predicted octanol–water partition coefficient (Wildman–Crippen LogP) is 5.96. The van der Waals surface area contributed by atoms with Gasteiger partial charge in [0.15, 0.2) is 5.69 Å². The molecular formula is C28H32N6O4S. The van der Waals surface area contributed by atoms with Crippen LogP contribution in [0, 0.1) is 6.92 Å². The molecule has 2 N–H and O–H groups in total. The minimum atomic E-state index is -0.349. The maximum Gasteiger partial charge on any atom is 0.301 e. The monoisotopic (exact) mass is 548 g/mol. The van der Waals surface area contributed by atoms with E-state index >= 15 is 0 Å². The van der Waals surface area contributed by atoms with Gasteiger partial charge in [0.1, 0.15) is 11.4 Å². The molecule has 0 aliphatic carbocycles. The third-order valence-corrected chi connectivity index (χ3v) is 6.51. The molecule has 2 aromatic carbocycles. The minimum absolute atomic E-state index is 0.130. The lowest BCUT2D eigenvalue weighted by atomic mass is 10.1. The van der Waals surface area contributed by atoms with Gasteiger partial charge in [0.2, 0.25) is 5.13 Å². The van der Waals surface area contributed by atoms with Crippen LogP contribution in [0.1, 0.15) is 42.7 Å². The molecule has 0 aliphatic rings. The SMILES string of the molecule is CCCOCCCNC(=O)c1ccc(-c2csc(-n3[nH]c(C)c(N=Nc4ccccc4OCC)c3=O)n2)cc1. The third-order valence-electron chi connectivity index (χ3n) is 5.69. The van der Waals surface area contributed by atoms with Crippen molar-refractivity contribution in [2.45, 2.75) is 33.6 Å². The number of para-hydroxylation sites is 1. The van der Waals surface area contributed by atoms with E-state index in [4.69, 9.17) is 9.47 Å². The topological polar surface area (TPSA) is 123 Å². The summed E-state index contributed by atoms with van der Waals surface area (Å²) >= 11 is 1.32. The van der Waals surface area contributed by atoms with Crippen LogP contribution >= 0.6 is 11.3 Å². The Kier molecular flexibility index (Phi) is 9.76. The second-order valence-corrected chi connectivity index (χ2v) is 9.48. The van der Waals surface area contributed by atoms with Gasteiger partial charge in [-0.1, -0.05) is 31.2 Å². The first-order chi connectivity index (χ1) is 19.0. The zero-order valence-electron chi connectivity index (χ0n) is 22.3. The number of nitrogens with zero attached hydrogens (tertiary/aromatic N) is 4. The summed E-state index contributed by atoms with van der Waals surface area (Å²) in [7, 11) is 0. The predicted molar refractivity (Wildman–Crippen MR) is 152 cm³/mol. The Morgan fingerprint density at radius 1 is 1.10 bits per heavy atom. The fourth-order valence-electron chi connectivity index (χ4n) is 3.73. The standard InChI is InChI=1S/C28H32N6O4S/c1-4-16-37-17-8-15-29-26(35)21-13-11-20(12-14-21)23-18-39-28(30-23)34-27(36)25(19(3)33-34)32-31-22-9-6-7-10-24(22)38-5-2/h6-7,9-14,18,33H,4-5,8,15-17H2,1-3H3,(H,29,35). The Bertz CT molecular complexity index is 1470. The minimum Gasteiger partial charge on any atom is -0.492 e. The van der Waals surface area contributed by atoms with E-state index in [2.05, 4.69) is 32.6 Å². The van der Waals surface area contributed by atoms with Crippen molar-refractivity contribution in [1.29, 1.82) is 0 Å². The molecule has 0 radical (unpaired) electrons. The number of benzene rings is 2. The number of carbonyl (C=O) groups is 1. The average Bonchev–Trinajstić information content (AvgIpc) is 3.54. The van der Waals surface area contributed by atoms with Gasteiger partial charge in [0, 0.05) is 36.3 Å². The summed E-state index contributed by atoms with van der Waals surface area (Å²) < 4.78 is 12.4. The van der Waals surface area contributed by atoms with Crippen LogP contribution in [-0.2, 0) is 4.74 Å². The molecule has 0 atom stereocenters. The van der Waals surface area contributed by atoms with E-state index in [1.165, 1.54) is 16.0 Å². The number of amides is 1. The van der Waals surface area contributed by atoms with E-state index in [0.29, 0.717) is 53.3 Å². The molecular weight excluding hydrogens is 516 g/mol. The molecule has 39 heavy (non-hydrogen) atoms. The number of rotatable bonds is 13. The van der Waals surface area contributed by atoms with Crippen molar-refractivity contribution in [3.63, 3.8) is 0 Å². The number of thiazole rings is 1. The van der Waals surface area contributed by atoms with E-state index in [1.807, 2.05) is 36.6 Å².